The third-order valence-corrected chi connectivity index (χ3v) is 5.10. The molecule has 168 valence electrons. The molecule has 1 aliphatic heterocycles. The molecule has 0 aliphatic carbocycles. The lowest BCUT2D eigenvalue weighted by Gasteiger charge is -2.37. The molecule has 2 aromatic carbocycles. The number of hydrogen-bond donors (Lipinski definition) is 0. The van der Waals surface area contributed by atoms with Crippen molar-refractivity contribution in [3.05, 3.63) is 59.1 Å². The van der Waals surface area contributed by atoms with Crippen LogP contribution in [-0.2, 0) is 14.3 Å². The zero-order valence-electron chi connectivity index (χ0n) is 18.5. The zero-order valence-corrected chi connectivity index (χ0v) is 19.2. The molecule has 0 saturated carbocycles. The van der Waals surface area contributed by atoms with E-state index >= 15 is 0 Å². The highest BCUT2D eigenvalue weighted by molar-refractivity contribution is 6.32. The standard InChI is InChI=1S/C24H30ClNO5/c1-24(2,3)31-21(27)16-26-13-14-29-20(15-26)22(17-9-6-5-7-10-17)30-19-12-8-11-18(25)23(19)28-4/h5-12,20,22H,13-16H2,1-4H3/t20-,22-/m1/s1. The summed E-state index contributed by atoms with van der Waals surface area (Å²) >= 11 is 6.28. The summed E-state index contributed by atoms with van der Waals surface area (Å²) in [6, 6.07) is 15.3. The minimum atomic E-state index is -0.512. The number of para-hydroxylation sites is 1. The van der Waals surface area contributed by atoms with Gasteiger partial charge in [0.15, 0.2) is 17.6 Å². The smallest absolute Gasteiger partial charge is 0.320 e. The summed E-state index contributed by atoms with van der Waals surface area (Å²) in [5.74, 6) is 0.769. The van der Waals surface area contributed by atoms with Gasteiger partial charge in [0.2, 0.25) is 0 Å². The number of esters is 1. The molecule has 0 amide bonds. The Morgan fingerprint density at radius 3 is 2.61 bits per heavy atom. The Kier molecular flexibility index (Phi) is 7.81. The monoisotopic (exact) mass is 447 g/mol. The van der Waals surface area contributed by atoms with Crippen molar-refractivity contribution in [1.82, 2.24) is 4.90 Å². The lowest BCUT2D eigenvalue weighted by molar-refractivity contribution is -0.159. The molecule has 31 heavy (non-hydrogen) atoms. The molecule has 2 atom stereocenters. The van der Waals surface area contributed by atoms with Crippen LogP contribution in [-0.4, -0.2) is 55.9 Å². The number of halogens is 1. The summed E-state index contributed by atoms with van der Waals surface area (Å²) in [6.45, 7) is 7.48. The largest absolute Gasteiger partial charge is 0.491 e. The van der Waals surface area contributed by atoms with Gasteiger partial charge in [-0.3, -0.25) is 9.69 Å². The molecule has 0 aromatic heterocycles. The first-order valence-electron chi connectivity index (χ1n) is 10.4. The number of ether oxygens (including phenoxy) is 4. The van der Waals surface area contributed by atoms with E-state index in [4.69, 9.17) is 30.5 Å². The number of morpholine rings is 1. The topological polar surface area (TPSA) is 57.2 Å². The zero-order chi connectivity index (χ0) is 22.4. The van der Waals surface area contributed by atoms with Crippen LogP contribution >= 0.6 is 11.6 Å². The Bertz CT molecular complexity index is 868. The van der Waals surface area contributed by atoms with Gasteiger partial charge in [-0.2, -0.15) is 0 Å². The predicted octanol–water partition coefficient (Wildman–Crippen LogP) is 4.51. The molecule has 1 fully saturated rings. The molecule has 6 nitrogen and oxygen atoms in total. The van der Waals surface area contributed by atoms with E-state index < -0.39 is 11.7 Å². The molecular formula is C24H30ClNO5. The van der Waals surface area contributed by atoms with E-state index in [0.717, 1.165) is 5.56 Å². The fourth-order valence-corrected chi connectivity index (χ4v) is 3.78. The molecule has 1 saturated heterocycles. The van der Waals surface area contributed by atoms with E-state index in [1.165, 1.54) is 0 Å². The summed E-state index contributed by atoms with van der Waals surface area (Å²) in [5.41, 5.74) is 0.454. The second kappa shape index (κ2) is 10.4. The van der Waals surface area contributed by atoms with E-state index in [0.29, 0.717) is 36.2 Å². The molecule has 0 unspecified atom stereocenters. The van der Waals surface area contributed by atoms with Gasteiger partial charge in [0, 0.05) is 13.1 Å². The number of nitrogens with zero attached hydrogens (tertiary/aromatic N) is 1. The summed E-state index contributed by atoms with van der Waals surface area (Å²) < 4.78 is 23.4. The van der Waals surface area contributed by atoms with Crippen LogP contribution in [0.5, 0.6) is 11.5 Å². The van der Waals surface area contributed by atoms with Crippen LogP contribution in [0.1, 0.15) is 32.4 Å². The molecular weight excluding hydrogens is 418 g/mol. The molecule has 0 N–H and O–H groups in total. The number of carbonyl (C=O) groups excluding carboxylic acids is 1. The van der Waals surface area contributed by atoms with Crippen molar-refractivity contribution in [3.63, 3.8) is 0 Å². The fraction of sp³-hybridized carbons (Fsp3) is 0.458. The van der Waals surface area contributed by atoms with Gasteiger partial charge in [0.25, 0.3) is 0 Å². The summed E-state index contributed by atoms with van der Waals surface area (Å²) in [7, 11) is 1.56. The molecule has 3 rings (SSSR count). The maximum Gasteiger partial charge on any atom is 0.320 e. The van der Waals surface area contributed by atoms with E-state index in [-0.39, 0.29) is 18.6 Å². The fourth-order valence-electron chi connectivity index (χ4n) is 3.53. The van der Waals surface area contributed by atoms with Crippen LogP contribution in [0.4, 0.5) is 0 Å². The summed E-state index contributed by atoms with van der Waals surface area (Å²) in [6.07, 6.45) is -0.697. The summed E-state index contributed by atoms with van der Waals surface area (Å²) in [5, 5.41) is 0.475. The van der Waals surface area contributed by atoms with Crippen molar-refractivity contribution in [3.8, 4) is 11.5 Å². The molecule has 1 heterocycles. The SMILES string of the molecule is COc1c(Cl)cccc1O[C@H](c1ccccc1)[C@H]1CN(CC(=O)OC(C)(C)C)CCO1. The van der Waals surface area contributed by atoms with Crippen molar-refractivity contribution >= 4 is 17.6 Å². The Morgan fingerprint density at radius 1 is 1.19 bits per heavy atom. The summed E-state index contributed by atoms with van der Waals surface area (Å²) in [4.78, 5) is 14.4. The van der Waals surface area contributed by atoms with E-state index in [1.54, 1.807) is 13.2 Å². The van der Waals surface area contributed by atoms with Crippen LogP contribution in [0.2, 0.25) is 5.02 Å². The van der Waals surface area contributed by atoms with E-state index in [9.17, 15) is 4.79 Å². The Labute approximate surface area is 189 Å². The number of hydrogen-bond acceptors (Lipinski definition) is 6. The lowest BCUT2D eigenvalue weighted by atomic mass is 10.0. The highest BCUT2D eigenvalue weighted by atomic mass is 35.5. The minimum absolute atomic E-state index is 0.207. The normalized spacial score (nSPS) is 18.3. The molecule has 0 spiro atoms. The molecule has 0 bridgehead atoms. The van der Waals surface area contributed by atoms with E-state index in [1.807, 2.05) is 68.1 Å². The van der Waals surface area contributed by atoms with Crippen molar-refractivity contribution in [2.45, 2.75) is 38.6 Å². The van der Waals surface area contributed by atoms with Gasteiger partial charge in [-0.25, -0.2) is 0 Å². The van der Waals surface area contributed by atoms with Crippen LogP contribution in [0.15, 0.2) is 48.5 Å². The first-order chi connectivity index (χ1) is 14.8. The van der Waals surface area contributed by atoms with Crippen molar-refractivity contribution in [1.29, 1.82) is 0 Å². The molecule has 0 radical (unpaired) electrons. The van der Waals surface area contributed by atoms with Gasteiger partial charge >= 0.3 is 5.97 Å². The van der Waals surface area contributed by atoms with Gasteiger partial charge in [-0.15, -0.1) is 0 Å². The second-order valence-corrected chi connectivity index (χ2v) is 8.86. The molecule has 2 aromatic rings. The van der Waals surface area contributed by atoms with Gasteiger partial charge in [0.1, 0.15) is 11.7 Å². The third kappa shape index (κ3) is 6.60. The predicted molar refractivity (Wildman–Crippen MR) is 120 cm³/mol. The van der Waals surface area contributed by atoms with Gasteiger partial charge in [-0.05, 0) is 38.5 Å². The van der Waals surface area contributed by atoms with Gasteiger partial charge in [0.05, 0.1) is 25.3 Å². The Balaban J connectivity index is 1.80. The maximum atomic E-state index is 12.3. The van der Waals surface area contributed by atoms with Crippen molar-refractivity contribution < 1.29 is 23.7 Å². The lowest BCUT2D eigenvalue weighted by Crippen LogP contribution is -2.48. The van der Waals surface area contributed by atoms with Crippen LogP contribution in [0.25, 0.3) is 0 Å². The van der Waals surface area contributed by atoms with Gasteiger partial charge < -0.3 is 18.9 Å². The Morgan fingerprint density at radius 2 is 1.94 bits per heavy atom. The number of rotatable bonds is 7. The quantitative estimate of drug-likeness (QED) is 0.582. The minimum Gasteiger partial charge on any atom is -0.491 e. The van der Waals surface area contributed by atoms with Gasteiger partial charge in [-0.1, -0.05) is 48.0 Å². The molecule has 1 aliphatic rings. The van der Waals surface area contributed by atoms with Crippen LogP contribution < -0.4 is 9.47 Å². The average Bonchev–Trinajstić information content (AvgIpc) is 2.71. The maximum absolute atomic E-state index is 12.3. The first kappa shape index (κ1) is 23.4. The highest BCUT2D eigenvalue weighted by Crippen LogP contribution is 2.38. The third-order valence-electron chi connectivity index (χ3n) is 4.81. The number of methoxy groups -OCH3 is 1. The van der Waals surface area contributed by atoms with Crippen LogP contribution in [0.3, 0.4) is 0 Å². The molecule has 7 heteroatoms. The van der Waals surface area contributed by atoms with Crippen LogP contribution in [0, 0.1) is 0 Å². The highest BCUT2D eigenvalue weighted by Gasteiger charge is 2.33. The van der Waals surface area contributed by atoms with Crippen molar-refractivity contribution in [2.75, 3.05) is 33.4 Å². The van der Waals surface area contributed by atoms with E-state index in [2.05, 4.69) is 0 Å². The van der Waals surface area contributed by atoms with Crippen molar-refractivity contribution in [2.24, 2.45) is 0 Å². The number of carbonyl (C=O) groups is 1. The Hall–Kier alpha value is -2.28. The average molecular weight is 448 g/mol. The first-order valence-corrected chi connectivity index (χ1v) is 10.7. The second-order valence-electron chi connectivity index (χ2n) is 8.45. The number of benzene rings is 2.